The molecule has 196 valence electrons. The van der Waals surface area contributed by atoms with E-state index in [0.717, 1.165) is 6.07 Å². The third kappa shape index (κ3) is 6.53. The lowest BCUT2D eigenvalue weighted by molar-refractivity contribution is -0.141. The van der Waals surface area contributed by atoms with Gasteiger partial charge in [0.05, 0.1) is 45.9 Å². The Balaban J connectivity index is 1.92. The molecule has 0 spiro atoms. The molecule has 0 fully saturated rings. The van der Waals surface area contributed by atoms with Crippen LogP contribution >= 0.6 is 11.6 Å². The Kier molecular flexibility index (Phi) is 8.66. The quantitative estimate of drug-likeness (QED) is 0.282. The zero-order valence-corrected chi connectivity index (χ0v) is 20.8. The van der Waals surface area contributed by atoms with Crippen LogP contribution in [0.15, 0.2) is 47.6 Å². The minimum Gasteiger partial charge on any atom is -0.495 e. The fourth-order valence-electron chi connectivity index (χ4n) is 3.20. The van der Waals surface area contributed by atoms with Crippen LogP contribution in [0.25, 0.3) is 0 Å². The first-order valence-electron chi connectivity index (χ1n) is 10.4. The highest BCUT2D eigenvalue weighted by Gasteiger charge is 2.33. The molecule has 2 N–H and O–H groups in total. The second-order valence-electron chi connectivity index (χ2n) is 7.22. The normalized spacial score (nSPS) is 11.2. The third-order valence-corrected chi connectivity index (χ3v) is 5.15. The molecule has 3 rings (SSSR count). The van der Waals surface area contributed by atoms with E-state index in [1.54, 1.807) is 12.1 Å². The van der Waals surface area contributed by atoms with Gasteiger partial charge in [-0.2, -0.15) is 18.3 Å². The number of halogens is 4. The number of nitrogens with one attached hydrogen (secondary N) is 2. The van der Waals surface area contributed by atoms with Gasteiger partial charge in [-0.05, 0) is 42.5 Å². The highest BCUT2D eigenvalue weighted by molar-refractivity contribution is 6.31. The summed E-state index contributed by atoms with van der Waals surface area (Å²) in [6.45, 7) is 0. The predicted molar refractivity (Wildman–Crippen MR) is 132 cm³/mol. The van der Waals surface area contributed by atoms with Gasteiger partial charge < -0.3 is 24.3 Å². The number of pyridine rings is 1. The number of alkyl halides is 3. The van der Waals surface area contributed by atoms with Crippen LogP contribution < -0.4 is 29.7 Å². The number of hydrogen-bond donors (Lipinski definition) is 2. The average Bonchev–Trinajstić information content (AvgIpc) is 2.87. The van der Waals surface area contributed by atoms with E-state index in [2.05, 4.69) is 20.8 Å². The molecule has 0 aliphatic heterocycles. The average molecular weight is 539 g/mol. The summed E-state index contributed by atoms with van der Waals surface area (Å²) in [6.07, 6.45) is -3.44. The van der Waals surface area contributed by atoms with Gasteiger partial charge in [0.25, 0.3) is 5.91 Å². The highest BCUT2D eigenvalue weighted by atomic mass is 35.5. The van der Waals surface area contributed by atoms with Crippen LogP contribution in [0.4, 0.5) is 24.7 Å². The molecule has 2 aromatic carbocycles. The Morgan fingerprint density at radius 3 is 2.16 bits per heavy atom. The van der Waals surface area contributed by atoms with Gasteiger partial charge in [0.2, 0.25) is 5.75 Å². The van der Waals surface area contributed by atoms with E-state index < -0.39 is 17.8 Å². The number of ether oxygens (including phenoxy) is 4. The summed E-state index contributed by atoms with van der Waals surface area (Å²) in [4.78, 5) is 16.5. The Hall–Kier alpha value is -4.19. The lowest BCUT2D eigenvalue weighted by Gasteiger charge is -2.15. The molecule has 0 unspecified atom stereocenters. The van der Waals surface area contributed by atoms with Gasteiger partial charge in [-0.1, -0.05) is 11.6 Å². The molecule has 0 saturated carbocycles. The summed E-state index contributed by atoms with van der Waals surface area (Å²) < 4.78 is 61.0. The SMILES string of the molecule is COc1ccc(Cl)cc1Nc1nc(C(F)(F)F)ccc1C(=O)N/N=C/c1cc(OC)c(OC)c(OC)c1. The molecule has 1 amide bonds. The van der Waals surface area contributed by atoms with E-state index in [0.29, 0.717) is 28.9 Å². The maximum atomic E-state index is 13.3. The largest absolute Gasteiger partial charge is 0.495 e. The third-order valence-electron chi connectivity index (χ3n) is 4.91. The van der Waals surface area contributed by atoms with E-state index in [1.807, 2.05) is 0 Å². The molecule has 0 bridgehead atoms. The van der Waals surface area contributed by atoms with E-state index in [4.69, 9.17) is 30.5 Å². The number of amides is 1. The summed E-state index contributed by atoms with van der Waals surface area (Å²) in [7, 11) is 5.72. The van der Waals surface area contributed by atoms with Gasteiger partial charge in [0.15, 0.2) is 11.5 Å². The number of benzene rings is 2. The van der Waals surface area contributed by atoms with Crippen molar-refractivity contribution in [3.8, 4) is 23.0 Å². The molecular weight excluding hydrogens is 517 g/mol. The maximum Gasteiger partial charge on any atom is 0.433 e. The van der Waals surface area contributed by atoms with Gasteiger partial charge in [0.1, 0.15) is 17.3 Å². The number of carbonyl (C=O) groups excluding carboxylic acids is 1. The smallest absolute Gasteiger partial charge is 0.433 e. The molecule has 1 aromatic heterocycles. The van der Waals surface area contributed by atoms with Crippen LogP contribution in [0.1, 0.15) is 21.6 Å². The van der Waals surface area contributed by atoms with Crippen molar-refractivity contribution in [1.29, 1.82) is 0 Å². The van der Waals surface area contributed by atoms with Crippen LogP contribution in [-0.4, -0.2) is 45.5 Å². The first-order chi connectivity index (χ1) is 17.6. The van der Waals surface area contributed by atoms with Gasteiger partial charge in [-0.3, -0.25) is 4.79 Å². The minimum absolute atomic E-state index is 0.205. The van der Waals surface area contributed by atoms with E-state index >= 15 is 0 Å². The van der Waals surface area contributed by atoms with Gasteiger partial charge in [-0.25, -0.2) is 10.4 Å². The zero-order chi connectivity index (χ0) is 27.2. The Labute approximate surface area is 215 Å². The van der Waals surface area contributed by atoms with Crippen LogP contribution in [0.3, 0.4) is 0 Å². The van der Waals surface area contributed by atoms with Crippen molar-refractivity contribution in [1.82, 2.24) is 10.4 Å². The van der Waals surface area contributed by atoms with Crippen LogP contribution in [0, 0.1) is 0 Å². The predicted octanol–water partition coefficient (Wildman–Crippen LogP) is 5.30. The number of rotatable bonds is 9. The highest BCUT2D eigenvalue weighted by Crippen LogP contribution is 2.38. The summed E-state index contributed by atoms with van der Waals surface area (Å²) in [6, 6.07) is 9.34. The Morgan fingerprint density at radius 1 is 0.946 bits per heavy atom. The lowest BCUT2D eigenvalue weighted by Crippen LogP contribution is -2.21. The monoisotopic (exact) mass is 538 g/mol. The van der Waals surface area contributed by atoms with Gasteiger partial charge in [0, 0.05) is 10.6 Å². The van der Waals surface area contributed by atoms with E-state index in [9.17, 15) is 18.0 Å². The molecule has 1 heterocycles. The molecule has 9 nitrogen and oxygen atoms in total. The number of hydrogen-bond acceptors (Lipinski definition) is 8. The van der Waals surface area contributed by atoms with Crippen LogP contribution in [0.2, 0.25) is 5.02 Å². The number of aromatic nitrogens is 1. The first kappa shape index (κ1) is 27.4. The molecule has 13 heteroatoms. The molecule has 0 aliphatic carbocycles. The van der Waals surface area contributed by atoms with Gasteiger partial charge in [-0.15, -0.1) is 0 Å². The number of methoxy groups -OCH3 is 4. The van der Waals surface area contributed by atoms with Crippen molar-refractivity contribution in [2.75, 3.05) is 33.8 Å². The molecule has 0 saturated heterocycles. The summed E-state index contributed by atoms with van der Waals surface area (Å²) >= 11 is 6.02. The molecule has 0 atom stereocenters. The van der Waals surface area contributed by atoms with E-state index in [1.165, 1.54) is 52.9 Å². The van der Waals surface area contributed by atoms with Crippen molar-refractivity contribution in [3.05, 3.63) is 64.3 Å². The number of hydrazone groups is 1. The topological polar surface area (TPSA) is 103 Å². The molecule has 0 aliphatic rings. The number of anilines is 2. The second kappa shape index (κ2) is 11.7. The summed E-state index contributed by atoms with van der Waals surface area (Å²) in [5.74, 6) is 0.167. The number of carbonyl (C=O) groups is 1. The number of nitrogens with zero attached hydrogens (tertiary/aromatic N) is 2. The Bertz CT molecular complexity index is 1290. The van der Waals surface area contributed by atoms with Crippen molar-refractivity contribution in [3.63, 3.8) is 0 Å². The molecule has 0 radical (unpaired) electrons. The summed E-state index contributed by atoms with van der Waals surface area (Å²) in [5.41, 5.74) is 1.56. The molecule has 3 aromatic rings. The van der Waals surface area contributed by atoms with Crippen molar-refractivity contribution in [2.45, 2.75) is 6.18 Å². The fraction of sp³-hybridized carbons (Fsp3) is 0.208. The maximum absolute atomic E-state index is 13.3. The first-order valence-corrected chi connectivity index (χ1v) is 10.8. The zero-order valence-electron chi connectivity index (χ0n) is 20.1. The lowest BCUT2D eigenvalue weighted by atomic mass is 10.2. The molecule has 37 heavy (non-hydrogen) atoms. The van der Waals surface area contributed by atoms with Gasteiger partial charge >= 0.3 is 6.18 Å². The van der Waals surface area contributed by atoms with Crippen LogP contribution in [0.5, 0.6) is 23.0 Å². The second-order valence-corrected chi connectivity index (χ2v) is 7.65. The van der Waals surface area contributed by atoms with E-state index in [-0.39, 0.29) is 27.8 Å². The van der Waals surface area contributed by atoms with Crippen LogP contribution in [-0.2, 0) is 6.18 Å². The standard InChI is InChI=1S/C24H22ClF3N4O5/c1-34-17-7-5-14(25)11-16(17)30-22-15(6-8-20(31-22)24(26,27)28)23(33)32-29-12-13-9-18(35-2)21(37-4)19(10-13)36-3/h5-12H,1-4H3,(H,30,31)(H,32,33)/b29-12+. The van der Waals surface area contributed by atoms with Crippen molar-refractivity contribution in [2.24, 2.45) is 5.10 Å². The molecular formula is C24H22ClF3N4O5. The fourth-order valence-corrected chi connectivity index (χ4v) is 3.37. The van der Waals surface area contributed by atoms with Crippen molar-refractivity contribution >= 4 is 35.2 Å². The van der Waals surface area contributed by atoms with Crippen molar-refractivity contribution < 1.29 is 36.9 Å². The summed E-state index contributed by atoms with van der Waals surface area (Å²) in [5, 5.41) is 6.88. The minimum atomic E-state index is -4.74. The Morgan fingerprint density at radius 2 is 1.59 bits per heavy atom.